The number of anilines is 3. The Morgan fingerprint density at radius 3 is 2.81 bits per heavy atom. The summed E-state index contributed by atoms with van der Waals surface area (Å²) in [7, 11) is 0. The third-order valence-electron chi connectivity index (χ3n) is 3.61. The summed E-state index contributed by atoms with van der Waals surface area (Å²) in [6.07, 6.45) is 1.50. The maximum absolute atomic E-state index is 11.9. The summed E-state index contributed by atoms with van der Waals surface area (Å²) in [4.78, 5) is 20.5. The van der Waals surface area contributed by atoms with Crippen molar-refractivity contribution in [3.63, 3.8) is 0 Å². The molecule has 2 aromatic carbocycles. The molecule has 3 rings (SSSR count). The van der Waals surface area contributed by atoms with E-state index in [0.717, 1.165) is 21.1 Å². The topological polar surface area (TPSA) is 105 Å². The highest BCUT2D eigenvalue weighted by Crippen LogP contribution is 2.26. The van der Waals surface area contributed by atoms with E-state index in [0.29, 0.717) is 24.6 Å². The van der Waals surface area contributed by atoms with Gasteiger partial charge in [-0.05, 0) is 36.4 Å². The van der Waals surface area contributed by atoms with Gasteiger partial charge in [0.05, 0.1) is 12.1 Å². The Morgan fingerprint density at radius 1 is 1.12 bits per heavy atom. The molecule has 0 aliphatic carbocycles. The zero-order valence-electron chi connectivity index (χ0n) is 14.0. The fraction of sp³-hybridized carbons (Fsp3) is 0.167. The van der Waals surface area contributed by atoms with Crippen molar-refractivity contribution in [3.05, 3.63) is 53.3 Å². The van der Waals surface area contributed by atoms with Crippen molar-refractivity contribution < 1.29 is 4.79 Å². The summed E-state index contributed by atoms with van der Waals surface area (Å²) in [5, 5.41) is 9.96. The lowest BCUT2D eigenvalue weighted by Crippen LogP contribution is -2.31. The average Bonchev–Trinajstić information content (AvgIpc) is 2.62. The number of aromatic nitrogens is 2. The molecule has 1 amide bonds. The van der Waals surface area contributed by atoms with Crippen LogP contribution in [0.5, 0.6) is 0 Å². The number of hydrogen-bond acceptors (Lipinski definition) is 6. The van der Waals surface area contributed by atoms with E-state index in [4.69, 9.17) is 5.73 Å². The van der Waals surface area contributed by atoms with Crippen molar-refractivity contribution in [1.82, 2.24) is 15.3 Å². The Kier molecular flexibility index (Phi) is 6.11. The Morgan fingerprint density at radius 2 is 2.00 bits per heavy atom. The first kappa shape index (κ1) is 18.2. The van der Waals surface area contributed by atoms with Crippen LogP contribution in [0, 0.1) is 0 Å². The second kappa shape index (κ2) is 8.70. The first-order valence-corrected chi connectivity index (χ1v) is 8.93. The number of amides is 1. The molecular formula is C18H19BrN6O. The molecule has 0 saturated heterocycles. The molecule has 134 valence electrons. The van der Waals surface area contributed by atoms with Crippen LogP contribution in [-0.4, -0.2) is 35.5 Å². The lowest BCUT2D eigenvalue weighted by Gasteiger charge is -2.10. The van der Waals surface area contributed by atoms with Crippen LogP contribution in [0.3, 0.4) is 0 Å². The molecule has 0 spiro atoms. The van der Waals surface area contributed by atoms with E-state index in [1.165, 1.54) is 6.33 Å². The molecule has 26 heavy (non-hydrogen) atoms. The van der Waals surface area contributed by atoms with Crippen LogP contribution >= 0.6 is 15.9 Å². The highest BCUT2D eigenvalue weighted by molar-refractivity contribution is 9.10. The van der Waals surface area contributed by atoms with Crippen molar-refractivity contribution in [2.75, 3.05) is 30.3 Å². The Hall–Kier alpha value is -2.55. The number of halogens is 1. The van der Waals surface area contributed by atoms with E-state index in [1.54, 1.807) is 0 Å². The van der Waals surface area contributed by atoms with Crippen molar-refractivity contribution in [2.24, 2.45) is 5.73 Å². The molecule has 0 unspecified atom stereocenters. The van der Waals surface area contributed by atoms with Crippen LogP contribution in [0.1, 0.15) is 0 Å². The smallest absolute Gasteiger partial charge is 0.238 e. The van der Waals surface area contributed by atoms with Crippen molar-refractivity contribution in [3.8, 4) is 0 Å². The zero-order chi connectivity index (χ0) is 18.4. The number of hydrogen-bond donors (Lipinski definition) is 4. The molecule has 1 heterocycles. The van der Waals surface area contributed by atoms with Crippen molar-refractivity contribution in [2.45, 2.75) is 0 Å². The fourth-order valence-corrected chi connectivity index (χ4v) is 2.85. The van der Waals surface area contributed by atoms with Gasteiger partial charge in [0.25, 0.3) is 0 Å². The summed E-state index contributed by atoms with van der Waals surface area (Å²) >= 11 is 3.46. The zero-order valence-corrected chi connectivity index (χ0v) is 15.6. The van der Waals surface area contributed by atoms with Crippen molar-refractivity contribution >= 4 is 49.9 Å². The Balaban J connectivity index is 1.77. The van der Waals surface area contributed by atoms with Gasteiger partial charge in [-0.1, -0.05) is 22.0 Å². The predicted octanol–water partition coefficient (Wildman–Crippen LogP) is 2.62. The number of rotatable bonds is 7. The molecule has 7 nitrogen and oxygen atoms in total. The SMILES string of the molecule is NCCNCC(=O)Nc1ccc2c(Nc3cccc(Br)c3)ncnc2c1. The monoisotopic (exact) mass is 414 g/mol. The summed E-state index contributed by atoms with van der Waals surface area (Å²) in [6, 6.07) is 13.4. The molecule has 3 aromatic rings. The largest absolute Gasteiger partial charge is 0.340 e. The molecule has 0 aliphatic heterocycles. The van der Waals surface area contributed by atoms with E-state index in [2.05, 4.69) is 41.8 Å². The van der Waals surface area contributed by atoms with Gasteiger partial charge in [-0.25, -0.2) is 9.97 Å². The number of nitrogens with two attached hydrogens (primary N) is 1. The van der Waals surface area contributed by atoms with E-state index in [9.17, 15) is 4.79 Å². The van der Waals surface area contributed by atoms with Crippen LogP contribution in [0.15, 0.2) is 53.3 Å². The number of benzene rings is 2. The summed E-state index contributed by atoms with van der Waals surface area (Å²) in [5.74, 6) is 0.579. The van der Waals surface area contributed by atoms with Gasteiger partial charge in [-0.2, -0.15) is 0 Å². The molecule has 8 heteroatoms. The van der Waals surface area contributed by atoms with Crippen LogP contribution in [0.25, 0.3) is 10.9 Å². The normalized spacial score (nSPS) is 10.7. The van der Waals surface area contributed by atoms with Gasteiger partial charge in [0.15, 0.2) is 0 Å². The standard InChI is InChI=1S/C18H19BrN6O/c19-12-2-1-3-13(8-12)25-18-15-5-4-14(9-16(15)22-11-23-18)24-17(26)10-21-7-6-20/h1-5,8-9,11,21H,6-7,10,20H2,(H,24,26)(H,22,23,25). The third-order valence-corrected chi connectivity index (χ3v) is 4.11. The van der Waals surface area contributed by atoms with Crippen LogP contribution < -0.4 is 21.7 Å². The van der Waals surface area contributed by atoms with Gasteiger partial charge >= 0.3 is 0 Å². The lowest BCUT2D eigenvalue weighted by molar-refractivity contribution is -0.115. The van der Waals surface area contributed by atoms with Gasteiger partial charge in [-0.3, -0.25) is 4.79 Å². The first-order valence-electron chi connectivity index (χ1n) is 8.14. The van der Waals surface area contributed by atoms with Gasteiger partial charge in [-0.15, -0.1) is 0 Å². The van der Waals surface area contributed by atoms with E-state index < -0.39 is 0 Å². The highest BCUT2D eigenvalue weighted by Gasteiger charge is 2.07. The third kappa shape index (κ3) is 4.75. The number of carbonyl (C=O) groups is 1. The first-order chi connectivity index (χ1) is 12.7. The summed E-state index contributed by atoms with van der Waals surface area (Å²) in [6.45, 7) is 1.31. The molecule has 1 aromatic heterocycles. The highest BCUT2D eigenvalue weighted by atomic mass is 79.9. The maximum atomic E-state index is 11.9. The molecule has 0 bridgehead atoms. The number of fused-ring (bicyclic) bond motifs is 1. The van der Waals surface area contributed by atoms with Gasteiger partial charge in [0, 0.05) is 34.3 Å². The Labute approximate surface area is 159 Å². The average molecular weight is 415 g/mol. The molecule has 0 atom stereocenters. The number of nitrogens with one attached hydrogen (secondary N) is 3. The van der Waals surface area contributed by atoms with Gasteiger partial charge in [0.1, 0.15) is 12.1 Å². The molecule has 0 fully saturated rings. The molecular weight excluding hydrogens is 396 g/mol. The predicted molar refractivity (Wildman–Crippen MR) is 108 cm³/mol. The fourth-order valence-electron chi connectivity index (χ4n) is 2.45. The van der Waals surface area contributed by atoms with Crippen LogP contribution in [-0.2, 0) is 4.79 Å². The second-order valence-electron chi connectivity index (χ2n) is 5.60. The van der Waals surface area contributed by atoms with Crippen LogP contribution in [0.2, 0.25) is 0 Å². The minimum atomic E-state index is -0.126. The Bertz CT molecular complexity index is 917. The minimum absolute atomic E-state index is 0.126. The van der Waals surface area contributed by atoms with E-state index >= 15 is 0 Å². The molecule has 0 aliphatic rings. The second-order valence-corrected chi connectivity index (χ2v) is 6.52. The summed E-state index contributed by atoms with van der Waals surface area (Å²) < 4.78 is 0.981. The van der Waals surface area contributed by atoms with Gasteiger partial charge < -0.3 is 21.7 Å². The van der Waals surface area contributed by atoms with Crippen molar-refractivity contribution in [1.29, 1.82) is 0 Å². The lowest BCUT2D eigenvalue weighted by atomic mass is 10.2. The van der Waals surface area contributed by atoms with Crippen LogP contribution in [0.4, 0.5) is 17.2 Å². The van der Waals surface area contributed by atoms with E-state index in [1.807, 2.05) is 42.5 Å². The van der Waals surface area contributed by atoms with Gasteiger partial charge in [0.2, 0.25) is 5.91 Å². The quantitative estimate of drug-likeness (QED) is 0.443. The van der Waals surface area contributed by atoms with E-state index in [-0.39, 0.29) is 12.5 Å². The summed E-state index contributed by atoms with van der Waals surface area (Å²) in [5.41, 5.74) is 7.73. The number of nitrogens with zero attached hydrogens (tertiary/aromatic N) is 2. The molecule has 5 N–H and O–H groups in total. The number of carbonyl (C=O) groups excluding carboxylic acids is 1. The molecule has 0 saturated carbocycles. The maximum Gasteiger partial charge on any atom is 0.238 e. The minimum Gasteiger partial charge on any atom is -0.340 e. The molecule has 0 radical (unpaired) electrons.